The molecular formula is C15H23NO2. The molecule has 0 aliphatic heterocycles. The molecule has 1 rings (SSSR count). The number of carboxylic acids is 1. The Bertz CT molecular complexity index is 386. The number of unbranched alkanes of at least 4 members (excludes halogenated alkanes) is 2. The molecule has 18 heavy (non-hydrogen) atoms. The molecule has 3 heteroatoms. The number of benzene rings is 1. The van der Waals surface area contributed by atoms with Crippen LogP contribution in [0.25, 0.3) is 0 Å². The molecule has 0 saturated carbocycles. The Hall–Kier alpha value is -1.51. The minimum atomic E-state index is -0.884. The van der Waals surface area contributed by atoms with Crippen LogP contribution in [0.2, 0.25) is 0 Å². The van der Waals surface area contributed by atoms with E-state index < -0.39 is 11.5 Å². The molecule has 0 amide bonds. The summed E-state index contributed by atoms with van der Waals surface area (Å²) >= 11 is 0. The lowest BCUT2D eigenvalue weighted by Crippen LogP contribution is -2.43. The van der Waals surface area contributed by atoms with Crippen LogP contribution in [0, 0.1) is 6.92 Å². The first-order chi connectivity index (χ1) is 8.48. The van der Waals surface area contributed by atoms with E-state index in [-0.39, 0.29) is 0 Å². The molecule has 1 unspecified atom stereocenters. The first-order valence-electron chi connectivity index (χ1n) is 6.56. The van der Waals surface area contributed by atoms with Crippen molar-refractivity contribution in [3.05, 3.63) is 29.8 Å². The molecular weight excluding hydrogens is 226 g/mol. The Kier molecular flexibility index (Phi) is 5.20. The molecule has 0 saturated heterocycles. The summed E-state index contributed by atoms with van der Waals surface area (Å²) in [6, 6.07) is 7.82. The number of aliphatic carboxylic acids is 1. The molecule has 0 aliphatic rings. The van der Waals surface area contributed by atoms with Crippen molar-refractivity contribution in [3.63, 3.8) is 0 Å². The lowest BCUT2D eigenvalue weighted by Gasteiger charge is -2.27. The molecule has 0 radical (unpaired) electrons. The van der Waals surface area contributed by atoms with E-state index in [1.165, 1.54) is 5.56 Å². The summed E-state index contributed by atoms with van der Waals surface area (Å²) in [5, 5.41) is 12.5. The van der Waals surface area contributed by atoms with Gasteiger partial charge in [-0.15, -0.1) is 0 Å². The van der Waals surface area contributed by atoms with Crippen LogP contribution in [-0.4, -0.2) is 16.6 Å². The summed E-state index contributed by atoms with van der Waals surface area (Å²) in [5.74, 6) is -0.792. The normalized spacial score (nSPS) is 13.9. The third kappa shape index (κ3) is 4.06. The molecule has 0 spiro atoms. The standard InChI is InChI=1S/C15H23NO2/c1-4-5-6-11-15(3,14(17)18)16-13-9-7-12(2)8-10-13/h7-10,16H,4-6,11H2,1-3H3,(H,17,18). The van der Waals surface area contributed by atoms with Crippen molar-refractivity contribution in [2.75, 3.05) is 5.32 Å². The number of carbonyl (C=O) groups is 1. The van der Waals surface area contributed by atoms with Crippen molar-refractivity contribution in [2.24, 2.45) is 0 Å². The highest BCUT2D eigenvalue weighted by Gasteiger charge is 2.32. The van der Waals surface area contributed by atoms with Crippen molar-refractivity contribution < 1.29 is 9.90 Å². The van der Waals surface area contributed by atoms with Crippen LogP contribution in [0.15, 0.2) is 24.3 Å². The Labute approximate surface area is 109 Å². The fourth-order valence-corrected chi connectivity index (χ4v) is 1.91. The van der Waals surface area contributed by atoms with Gasteiger partial charge >= 0.3 is 5.97 Å². The number of hydrogen-bond donors (Lipinski definition) is 2. The number of nitrogens with one attached hydrogen (secondary N) is 1. The van der Waals surface area contributed by atoms with Crippen LogP contribution in [-0.2, 0) is 4.79 Å². The van der Waals surface area contributed by atoms with Gasteiger partial charge in [0.1, 0.15) is 5.54 Å². The molecule has 0 bridgehead atoms. The molecule has 1 aromatic rings. The van der Waals surface area contributed by atoms with Gasteiger partial charge in [0, 0.05) is 5.69 Å². The Morgan fingerprint density at radius 3 is 2.39 bits per heavy atom. The lowest BCUT2D eigenvalue weighted by atomic mass is 9.94. The second-order valence-electron chi connectivity index (χ2n) is 5.09. The van der Waals surface area contributed by atoms with Crippen LogP contribution in [0.3, 0.4) is 0 Å². The smallest absolute Gasteiger partial charge is 0.329 e. The topological polar surface area (TPSA) is 49.3 Å². The molecule has 0 fully saturated rings. The number of rotatable bonds is 7. The van der Waals surface area contributed by atoms with Crippen molar-refractivity contribution in [2.45, 2.75) is 52.0 Å². The zero-order valence-corrected chi connectivity index (χ0v) is 11.5. The number of aryl methyl sites for hydroxylation is 1. The van der Waals surface area contributed by atoms with Crippen molar-refractivity contribution in [3.8, 4) is 0 Å². The number of anilines is 1. The van der Waals surface area contributed by atoms with Gasteiger partial charge in [0.15, 0.2) is 0 Å². The highest BCUT2D eigenvalue weighted by atomic mass is 16.4. The van der Waals surface area contributed by atoms with Gasteiger partial charge in [-0.3, -0.25) is 0 Å². The predicted molar refractivity (Wildman–Crippen MR) is 75.0 cm³/mol. The average Bonchev–Trinajstić information content (AvgIpc) is 2.32. The summed E-state index contributed by atoms with van der Waals surface area (Å²) in [6.07, 6.45) is 3.74. The third-order valence-corrected chi connectivity index (χ3v) is 3.22. The summed E-state index contributed by atoms with van der Waals surface area (Å²) in [7, 11) is 0. The molecule has 0 aromatic heterocycles. The summed E-state index contributed by atoms with van der Waals surface area (Å²) in [5.41, 5.74) is 1.15. The van der Waals surface area contributed by atoms with Gasteiger partial charge in [-0.05, 0) is 32.4 Å². The van der Waals surface area contributed by atoms with E-state index in [0.717, 1.165) is 24.9 Å². The lowest BCUT2D eigenvalue weighted by molar-refractivity contribution is -0.142. The number of carboxylic acid groups (broad SMARTS) is 1. The monoisotopic (exact) mass is 249 g/mol. The maximum Gasteiger partial charge on any atom is 0.329 e. The van der Waals surface area contributed by atoms with E-state index in [1.807, 2.05) is 31.2 Å². The van der Waals surface area contributed by atoms with Gasteiger partial charge < -0.3 is 10.4 Å². The molecule has 2 N–H and O–H groups in total. The second-order valence-corrected chi connectivity index (χ2v) is 5.09. The molecule has 100 valence electrons. The van der Waals surface area contributed by atoms with Gasteiger partial charge in [-0.2, -0.15) is 0 Å². The third-order valence-electron chi connectivity index (χ3n) is 3.22. The molecule has 0 aliphatic carbocycles. The van der Waals surface area contributed by atoms with Gasteiger partial charge in [-0.1, -0.05) is 43.9 Å². The first kappa shape index (κ1) is 14.6. The van der Waals surface area contributed by atoms with E-state index in [0.29, 0.717) is 6.42 Å². The van der Waals surface area contributed by atoms with Crippen LogP contribution in [0.1, 0.15) is 45.1 Å². The van der Waals surface area contributed by atoms with Crippen LogP contribution in [0.5, 0.6) is 0 Å². The highest BCUT2D eigenvalue weighted by Crippen LogP contribution is 2.22. The molecule has 1 aromatic carbocycles. The van der Waals surface area contributed by atoms with E-state index in [4.69, 9.17) is 0 Å². The zero-order chi connectivity index (χ0) is 13.6. The van der Waals surface area contributed by atoms with Crippen LogP contribution in [0.4, 0.5) is 5.69 Å². The van der Waals surface area contributed by atoms with Crippen molar-refractivity contribution in [1.82, 2.24) is 0 Å². The van der Waals surface area contributed by atoms with E-state index in [2.05, 4.69) is 12.2 Å². The molecule has 1 atom stereocenters. The fourth-order valence-electron chi connectivity index (χ4n) is 1.91. The SMILES string of the molecule is CCCCCC(C)(Nc1ccc(C)cc1)C(=O)O. The Balaban J connectivity index is 2.72. The van der Waals surface area contributed by atoms with Gasteiger partial charge in [0.25, 0.3) is 0 Å². The van der Waals surface area contributed by atoms with Crippen molar-refractivity contribution in [1.29, 1.82) is 0 Å². The largest absolute Gasteiger partial charge is 0.480 e. The summed E-state index contributed by atoms with van der Waals surface area (Å²) in [6.45, 7) is 5.89. The van der Waals surface area contributed by atoms with Crippen molar-refractivity contribution >= 4 is 11.7 Å². The minimum absolute atomic E-state index is 0.643. The maximum atomic E-state index is 11.4. The van der Waals surface area contributed by atoms with E-state index in [9.17, 15) is 9.90 Å². The van der Waals surface area contributed by atoms with Gasteiger partial charge in [0.2, 0.25) is 0 Å². The van der Waals surface area contributed by atoms with E-state index >= 15 is 0 Å². The first-order valence-corrected chi connectivity index (χ1v) is 6.56. The minimum Gasteiger partial charge on any atom is -0.480 e. The fraction of sp³-hybridized carbons (Fsp3) is 0.533. The molecule has 3 nitrogen and oxygen atoms in total. The Morgan fingerprint density at radius 2 is 1.89 bits per heavy atom. The quantitative estimate of drug-likeness (QED) is 0.722. The number of hydrogen-bond acceptors (Lipinski definition) is 2. The van der Waals surface area contributed by atoms with Crippen LogP contribution < -0.4 is 5.32 Å². The summed E-state index contributed by atoms with van der Waals surface area (Å²) in [4.78, 5) is 11.4. The van der Waals surface area contributed by atoms with E-state index in [1.54, 1.807) is 6.92 Å². The summed E-state index contributed by atoms with van der Waals surface area (Å²) < 4.78 is 0. The zero-order valence-electron chi connectivity index (χ0n) is 11.5. The predicted octanol–water partition coefficient (Wildman–Crippen LogP) is 3.83. The Morgan fingerprint density at radius 1 is 1.28 bits per heavy atom. The maximum absolute atomic E-state index is 11.4. The second kappa shape index (κ2) is 6.43. The average molecular weight is 249 g/mol. The molecule has 0 heterocycles. The highest BCUT2D eigenvalue weighted by molar-refractivity contribution is 5.82. The van der Waals surface area contributed by atoms with Gasteiger partial charge in [0.05, 0.1) is 0 Å². The van der Waals surface area contributed by atoms with Crippen LogP contribution >= 0.6 is 0 Å². The van der Waals surface area contributed by atoms with Gasteiger partial charge in [-0.25, -0.2) is 4.79 Å².